The summed E-state index contributed by atoms with van der Waals surface area (Å²) in [7, 11) is 0. The average molecular weight is 419 g/mol. The summed E-state index contributed by atoms with van der Waals surface area (Å²) in [6.45, 7) is 3.63. The fourth-order valence-corrected chi connectivity index (χ4v) is 2.32. The molecule has 2 rings (SSSR count). The van der Waals surface area contributed by atoms with E-state index in [1.165, 1.54) is 12.1 Å². The molecule has 1 fully saturated rings. The Morgan fingerprint density at radius 3 is 2.39 bits per heavy atom. The Hall–Kier alpha value is -0.822. The number of halogens is 1. The van der Waals surface area contributed by atoms with Gasteiger partial charge in [-0.15, -0.1) is 0 Å². The van der Waals surface area contributed by atoms with Gasteiger partial charge in [-0.3, -0.25) is 11.7 Å². The van der Waals surface area contributed by atoms with E-state index in [4.69, 9.17) is 4.74 Å². The molecule has 0 spiro atoms. The quantitative estimate of drug-likeness (QED) is 0.555. The van der Waals surface area contributed by atoms with Crippen molar-refractivity contribution in [2.75, 3.05) is 6.61 Å². The molecule has 1 saturated carbocycles. The zero-order chi connectivity index (χ0) is 12.3. The summed E-state index contributed by atoms with van der Waals surface area (Å²) in [6.07, 6.45) is 4.10. The Morgan fingerprint density at radius 2 is 1.94 bits per heavy atom. The number of rotatable bonds is 4. The summed E-state index contributed by atoms with van der Waals surface area (Å²) in [5, 5.41) is 0. The molecule has 0 aromatic heterocycles. The van der Waals surface area contributed by atoms with Crippen molar-refractivity contribution in [3.05, 3.63) is 42.6 Å². The summed E-state index contributed by atoms with van der Waals surface area (Å²) in [5.74, 6) is -0.698. The summed E-state index contributed by atoms with van der Waals surface area (Å²) in [5.41, 5.74) is 1.14. The van der Waals surface area contributed by atoms with Gasteiger partial charge >= 0.3 is 0 Å². The summed E-state index contributed by atoms with van der Waals surface area (Å²) >= 11 is 0. The predicted molar refractivity (Wildman–Crippen MR) is 62.7 cm³/mol. The van der Waals surface area contributed by atoms with Gasteiger partial charge < -0.3 is 4.74 Å². The molecule has 1 aliphatic carbocycles. The second-order valence-corrected chi connectivity index (χ2v) is 4.82. The Bertz CT molecular complexity index is 399. The summed E-state index contributed by atoms with van der Waals surface area (Å²) in [6, 6.07) is 6.52. The second-order valence-electron chi connectivity index (χ2n) is 4.82. The van der Waals surface area contributed by atoms with Gasteiger partial charge in [0.1, 0.15) is 5.82 Å². The van der Waals surface area contributed by atoms with E-state index >= 15 is 0 Å². The molecule has 1 aromatic rings. The van der Waals surface area contributed by atoms with Gasteiger partial charge in [0.05, 0.1) is 6.61 Å². The molecule has 0 bridgehead atoms. The van der Waals surface area contributed by atoms with Gasteiger partial charge in [-0.25, -0.2) is 4.39 Å². The fourth-order valence-electron chi connectivity index (χ4n) is 2.32. The van der Waals surface area contributed by atoms with E-state index in [-0.39, 0.29) is 32.3 Å². The zero-order valence-corrected chi connectivity index (χ0v) is 13.1. The molecule has 0 heterocycles. The minimum Gasteiger partial charge on any atom is -0.488 e. The molecule has 2 nitrogen and oxygen atoms in total. The van der Waals surface area contributed by atoms with Crippen molar-refractivity contribution in [3.63, 3.8) is 0 Å². The van der Waals surface area contributed by atoms with E-state index in [1.54, 1.807) is 12.1 Å². The topological polar surface area (TPSA) is 26.3 Å². The van der Waals surface area contributed by atoms with Gasteiger partial charge in [0.2, 0.25) is 0 Å². The van der Waals surface area contributed by atoms with Crippen LogP contribution < -0.4 is 0 Å². The third-order valence-electron chi connectivity index (χ3n) is 3.45. The first-order valence-electron chi connectivity index (χ1n) is 5.83. The minimum absolute atomic E-state index is 0. The molecule has 0 saturated heterocycles. The number of carbonyl (C=O) groups excluding carboxylic acids is 1. The fraction of sp³-hybridized carbons (Fsp3) is 0.429. The number of hydrogen-bond donors (Lipinski definition) is 0. The third kappa shape index (κ3) is 3.84. The van der Waals surface area contributed by atoms with Crippen LogP contribution >= 0.6 is 0 Å². The van der Waals surface area contributed by atoms with Crippen molar-refractivity contribution in [2.45, 2.75) is 25.7 Å². The van der Waals surface area contributed by atoms with E-state index in [0.29, 0.717) is 6.61 Å². The molecule has 0 unspecified atom stereocenters. The average Bonchev–Trinajstić information content (AvgIpc) is 2.24. The van der Waals surface area contributed by atoms with Crippen LogP contribution in [0.25, 0.3) is 0 Å². The van der Waals surface area contributed by atoms with E-state index < -0.39 is 5.97 Å². The number of carbonyl (C=O) groups is 1. The van der Waals surface area contributed by atoms with E-state index in [0.717, 1.165) is 31.2 Å². The third-order valence-corrected chi connectivity index (χ3v) is 3.45. The molecule has 0 radical (unpaired) electrons. The van der Waals surface area contributed by atoms with E-state index in [1.807, 2.05) is 0 Å². The first-order chi connectivity index (χ1) is 8.10. The zero-order valence-electron chi connectivity index (χ0n) is 10.2. The molecule has 18 heavy (non-hydrogen) atoms. The maximum absolute atomic E-state index is 12.8. The number of benzene rings is 1. The Balaban J connectivity index is 0.00000162. The van der Waals surface area contributed by atoms with Crippen molar-refractivity contribution in [1.29, 1.82) is 0 Å². The van der Waals surface area contributed by atoms with Crippen molar-refractivity contribution >= 4 is 5.97 Å². The van der Waals surface area contributed by atoms with Crippen molar-refractivity contribution < 1.29 is 35.0 Å². The van der Waals surface area contributed by atoms with E-state index in [2.05, 4.69) is 6.92 Å². The van der Waals surface area contributed by atoms with Crippen molar-refractivity contribution in [2.24, 2.45) is 5.41 Å². The molecule has 0 amide bonds. The van der Waals surface area contributed by atoms with Crippen LogP contribution in [0.4, 0.5) is 4.39 Å². The first kappa shape index (κ1) is 15.2. The minimum atomic E-state index is -0.476. The molecule has 0 N–H and O–H groups in total. The molecule has 0 aliphatic heterocycles. The Morgan fingerprint density at radius 1 is 1.33 bits per heavy atom. The first-order valence-corrected chi connectivity index (χ1v) is 5.83. The Kier molecular flexibility index (Phi) is 5.40. The standard InChI is InChI=1S/C14H16FO2.W/c1-11(16)17-10-14(7-2-8-14)9-12-3-5-13(15)6-4-12;/h3-6H,1-2,7-10H2;/q-1;. The molecule has 98 valence electrons. The van der Waals surface area contributed by atoms with Gasteiger partial charge in [-0.05, 0) is 37.0 Å². The van der Waals surface area contributed by atoms with Gasteiger partial charge in [0, 0.05) is 26.5 Å². The molecule has 1 aliphatic rings. The maximum atomic E-state index is 12.8. The van der Waals surface area contributed by atoms with Crippen LogP contribution in [-0.2, 0) is 37.0 Å². The van der Waals surface area contributed by atoms with Crippen LogP contribution in [0.2, 0.25) is 0 Å². The second kappa shape index (κ2) is 6.38. The maximum Gasteiger partial charge on any atom is 0.164 e. The van der Waals surface area contributed by atoms with Gasteiger partial charge in [-0.2, -0.15) is 0 Å². The SMILES string of the molecule is [CH2-]C(=O)OCC1(Cc2ccc(F)cc2)CCC1.[W]. The van der Waals surface area contributed by atoms with Crippen molar-refractivity contribution in [1.82, 2.24) is 0 Å². The van der Waals surface area contributed by atoms with Crippen LogP contribution in [0.1, 0.15) is 24.8 Å². The van der Waals surface area contributed by atoms with Crippen LogP contribution in [-0.4, -0.2) is 12.6 Å². The number of esters is 1. The number of hydrogen-bond acceptors (Lipinski definition) is 2. The normalized spacial score (nSPS) is 16.3. The van der Waals surface area contributed by atoms with E-state index in [9.17, 15) is 9.18 Å². The molecule has 1 aromatic carbocycles. The summed E-state index contributed by atoms with van der Waals surface area (Å²) in [4.78, 5) is 10.7. The van der Waals surface area contributed by atoms with Crippen LogP contribution in [0.5, 0.6) is 0 Å². The predicted octanol–water partition coefficient (Wildman–Crippen LogP) is 2.91. The smallest absolute Gasteiger partial charge is 0.164 e. The van der Waals surface area contributed by atoms with Crippen LogP contribution in [0.3, 0.4) is 0 Å². The van der Waals surface area contributed by atoms with Gasteiger partial charge in [0.25, 0.3) is 0 Å². The van der Waals surface area contributed by atoms with Gasteiger partial charge in [-0.1, -0.05) is 18.6 Å². The summed E-state index contributed by atoms with van der Waals surface area (Å²) < 4.78 is 17.8. The Labute approximate surface area is 121 Å². The number of ether oxygens (including phenoxy) is 1. The molecular formula is C14H16FO2W-. The monoisotopic (exact) mass is 419 g/mol. The van der Waals surface area contributed by atoms with Crippen LogP contribution in [0, 0.1) is 18.2 Å². The molecule has 4 heteroatoms. The molecular weight excluding hydrogens is 403 g/mol. The largest absolute Gasteiger partial charge is 0.488 e. The van der Waals surface area contributed by atoms with Crippen molar-refractivity contribution in [3.8, 4) is 0 Å². The van der Waals surface area contributed by atoms with Crippen LogP contribution in [0.15, 0.2) is 24.3 Å². The van der Waals surface area contributed by atoms with Gasteiger partial charge in [0.15, 0.2) is 5.97 Å². The molecule has 0 atom stereocenters.